The summed E-state index contributed by atoms with van der Waals surface area (Å²) in [7, 11) is 0. The van der Waals surface area contributed by atoms with Gasteiger partial charge in [0.2, 0.25) is 0 Å². The van der Waals surface area contributed by atoms with Crippen LogP contribution in [0.25, 0.3) is 0 Å². The van der Waals surface area contributed by atoms with Crippen LogP contribution < -0.4 is 10.2 Å². The van der Waals surface area contributed by atoms with Gasteiger partial charge in [-0.1, -0.05) is 0 Å². The zero-order valence-electron chi connectivity index (χ0n) is 9.87. The van der Waals surface area contributed by atoms with Crippen molar-refractivity contribution in [1.82, 2.24) is 10.3 Å². The molecular weight excluding hydrogens is 263 g/mol. The maximum absolute atomic E-state index is 12.7. The molecule has 1 aromatic rings. The highest BCUT2D eigenvalue weighted by atomic mass is 19.4. The van der Waals surface area contributed by atoms with E-state index >= 15 is 0 Å². The second kappa shape index (κ2) is 5.04. The van der Waals surface area contributed by atoms with Gasteiger partial charge in [0.15, 0.2) is 0 Å². The van der Waals surface area contributed by atoms with Crippen molar-refractivity contribution >= 4 is 11.8 Å². The van der Waals surface area contributed by atoms with Crippen LogP contribution >= 0.6 is 0 Å². The summed E-state index contributed by atoms with van der Waals surface area (Å²) in [4.78, 5) is 16.4. The fraction of sp³-hybridized carbons (Fsp3) is 0.455. The lowest BCUT2D eigenvalue weighted by atomic mass is 10.1. The van der Waals surface area contributed by atoms with Crippen LogP contribution in [0.1, 0.15) is 15.9 Å². The highest BCUT2D eigenvalue weighted by Gasteiger charge is 2.36. The maximum atomic E-state index is 12.7. The van der Waals surface area contributed by atoms with E-state index in [9.17, 15) is 18.0 Å². The molecule has 0 unspecified atom stereocenters. The third kappa shape index (κ3) is 2.95. The van der Waals surface area contributed by atoms with Crippen molar-refractivity contribution in [3.8, 4) is 0 Å². The largest absolute Gasteiger partial charge is 0.478 e. The number of halogens is 3. The molecule has 2 heterocycles. The summed E-state index contributed by atoms with van der Waals surface area (Å²) in [6.45, 7) is 2.53. The minimum absolute atomic E-state index is 0.256. The Hall–Kier alpha value is -1.83. The number of hydrogen-bond donors (Lipinski definition) is 2. The summed E-state index contributed by atoms with van der Waals surface area (Å²) >= 11 is 0. The normalized spacial score (nSPS) is 16.5. The molecule has 1 aliphatic heterocycles. The van der Waals surface area contributed by atoms with Crippen molar-refractivity contribution in [3.05, 3.63) is 23.4 Å². The van der Waals surface area contributed by atoms with Crippen LogP contribution in [0.4, 0.5) is 19.0 Å². The van der Waals surface area contributed by atoms with E-state index in [-0.39, 0.29) is 5.82 Å². The molecule has 0 saturated carbocycles. The third-order valence-corrected chi connectivity index (χ3v) is 2.87. The molecule has 1 aromatic heterocycles. The molecule has 1 aliphatic rings. The van der Waals surface area contributed by atoms with Crippen LogP contribution in [-0.2, 0) is 6.18 Å². The molecule has 8 heteroatoms. The summed E-state index contributed by atoms with van der Waals surface area (Å²) in [5.74, 6) is -1.35. The Morgan fingerprint density at radius 2 is 2.00 bits per heavy atom. The molecule has 0 spiro atoms. The highest BCUT2D eigenvalue weighted by Crippen LogP contribution is 2.32. The predicted molar refractivity (Wildman–Crippen MR) is 61.3 cm³/mol. The zero-order chi connectivity index (χ0) is 14.0. The van der Waals surface area contributed by atoms with Gasteiger partial charge in [0.25, 0.3) is 0 Å². The SMILES string of the molecule is O=C(O)c1cc(N2CCNCC2)ncc1C(F)(F)F. The average molecular weight is 275 g/mol. The van der Waals surface area contributed by atoms with Gasteiger partial charge in [0, 0.05) is 32.4 Å². The van der Waals surface area contributed by atoms with Crippen molar-refractivity contribution in [1.29, 1.82) is 0 Å². The second-order valence-corrected chi connectivity index (χ2v) is 4.13. The first-order valence-electron chi connectivity index (χ1n) is 5.66. The van der Waals surface area contributed by atoms with Crippen LogP contribution in [-0.4, -0.2) is 42.2 Å². The number of hydrogen-bond acceptors (Lipinski definition) is 4. The topological polar surface area (TPSA) is 65.5 Å². The van der Waals surface area contributed by atoms with E-state index in [2.05, 4.69) is 10.3 Å². The van der Waals surface area contributed by atoms with Gasteiger partial charge < -0.3 is 15.3 Å². The number of nitrogens with one attached hydrogen (secondary N) is 1. The molecule has 1 fully saturated rings. The molecule has 0 radical (unpaired) electrons. The average Bonchev–Trinajstić information content (AvgIpc) is 2.38. The summed E-state index contributed by atoms with van der Waals surface area (Å²) in [6, 6.07) is 0.983. The number of carbonyl (C=O) groups is 1. The quantitative estimate of drug-likeness (QED) is 0.849. The Bertz CT molecular complexity index is 485. The van der Waals surface area contributed by atoms with Crippen molar-refractivity contribution in [2.75, 3.05) is 31.1 Å². The first-order valence-corrected chi connectivity index (χ1v) is 5.66. The number of aromatic carboxylic acids is 1. The van der Waals surface area contributed by atoms with Crippen LogP contribution in [0.15, 0.2) is 12.3 Å². The Morgan fingerprint density at radius 1 is 1.37 bits per heavy atom. The number of aromatic nitrogens is 1. The lowest BCUT2D eigenvalue weighted by Gasteiger charge is -2.28. The summed E-state index contributed by atoms with van der Waals surface area (Å²) < 4.78 is 38.0. The van der Waals surface area contributed by atoms with Gasteiger partial charge in [0.1, 0.15) is 5.82 Å². The van der Waals surface area contributed by atoms with Gasteiger partial charge in [-0.25, -0.2) is 9.78 Å². The minimum atomic E-state index is -4.72. The fourth-order valence-corrected chi connectivity index (χ4v) is 1.91. The monoisotopic (exact) mass is 275 g/mol. The number of pyridine rings is 1. The zero-order valence-corrected chi connectivity index (χ0v) is 9.87. The first-order chi connectivity index (χ1) is 8.89. The van der Waals surface area contributed by atoms with Gasteiger partial charge >= 0.3 is 12.1 Å². The van der Waals surface area contributed by atoms with Crippen LogP contribution in [0, 0.1) is 0 Å². The minimum Gasteiger partial charge on any atom is -0.478 e. The predicted octanol–water partition coefficient (Wildman–Crippen LogP) is 1.21. The van der Waals surface area contributed by atoms with Crippen LogP contribution in [0.5, 0.6) is 0 Å². The Morgan fingerprint density at radius 3 is 2.53 bits per heavy atom. The van der Waals surface area contributed by atoms with Crippen molar-refractivity contribution < 1.29 is 23.1 Å². The van der Waals surface area contributed by atoms with E-state index in [4.69, 9.17) is 5.11 Å². The van der Waals surface area contributed by atoms with E-state index in [0.717, 1.165) is 6.07 Å². The van der Waals surface area contributed by atoms with Gasteiger partial charge in [-0.2, -0.15) is 13.2 Å². The molecule has 2 N–H and O–H groups in total. The van der Waals surface area contributed by atoms with Crippen LogP contribution in [0.3, 0.4) is 0 Å². The lowest BCUT2D eigenvalue weighted by Crippen LogP contribution is -2.44. The number of anilines is 1. The van der Waals surface area contributed by atoms with Crippen LogP contribution in [0.2, 0.25) is 0 Å². The Balaban J connectivity index is 2.38. The maximum Gasteiger partial charge on any atom is 0.418 e. The van der Waals surface area contributed by atoms with Gasteiger partial charge in [-0.05, 0) is 6.07 Å². The lowest BCUT2D eigenvalue weighted by molar-refractivity contribution is -0.138. The molecule has 1 saturated heterocycles. The van der Waals surface area contributed by atoms with E-state index in [1.165, 1.54) is 0 Å². The molecule has 0 aromatic carbocycles. The van der Waals surface area contributed by atoms with E-state index in [1.807, 2.05) is 0 Å². The summed E-state index contributed by atoms with van der Waals surface area (Å²) in [6.07, 6.45) is -4.14. The molecule has 2 rings (SSSR count). The summed E-state index contributed by atoms with van der Waals surface area (Å²) in [5.41, 5.74) is -1.99. The van der Waals surface area contributed by atoms with Gasteiger partial charge in [-0.15, -0.1) is 0 Å². The fourth-order valence-electron chi connectivity index (χ4n) is 1.91. The van der Waals surface area contributed by atoms with Crippen molar-refractivity contribution in [2.24, 2.45) is 0 Å². The first kappa shape index (κ1) is 13.6. The Kier molecular flexibility index (Phi) is 3.61. The number of carboxylic acid groups (broad SMARTS) is 1. The van der Waals surface area contributed by atoms with Crippen molar-refractivity contribution in [2.45, 2.75) is 6.18 Å². The molecule has 0 amide bonds. The smallest absolute Gasteiger partial charge is 0.418 e. The number of alkyl halides is 3. The number of rotatable bonds is 2. The van der Waals surface area contributed by atoms with Gasteiger partial charge in [-0.3, -0.25) is 0 Å². The molecule has 0 atom stereocenters. The molecule has 104 valence electrons. The number of piperazine rings is 1. The number of carboxylic acids is 1. The van der Waals surface area contributed by atoms with Gasteiger partial charge in [0.05, 0.1) is 11.1 Å². The number of nitrogens with zero attached hydrogens (tertiary/aromatic N) is 2. The Labute approximate surface area is 107 Å². The van der Waals surface area contributed by atoms with E-state index in [1.54, 1.807) is 4.90 Å². The van der Waals surface area contributed by atoms with E-state index < -0.39 is 23.3 Å². The standard InChI is InChI=1S/C11H12F3N3O2/c12-11(13,14)8-6-16-9(5-7(8)10(18)19)17-3-1-15-2-4-17/h5-6,15H,1-4H2,(H,18,19). The van der Waals surface area contributed by atoms with Crippen molar-refractivity contribution in [3.63, 3.8) is 0 Å². The molecule has 0 aliphatic carbocycles. The van der Waals surface area contributed by atoms with E-state index in [0.29, 0.717) is 32.4 Å². The second-order valence-electron chi connectivity index (χ2n) is 4.13. The summed E-state index contributed by atoms with van der Waals surface area (Å²) in [5, 5.41) is 12.0. The molecule has 5 nitrogen and oxygen atoms in total. The molecule has 0 bridgehead atoms. The molecular formula is C11H12F3N3O2. The highest BCUT2D eigenvalue weighted by molar-refractivity contribution is 5.90. The third-order valence-electron chi connectivity index (χ3n) is 2.87. The molecule has 19 heavy (non-hydrogen) atoms.